The van der Waals surface area contributed by atoms with E-state index in [0.29, 0.717) is 6.04 Å². The first-order chi connectivity index (χ1) is 4.88. The van der Waals surface area contributed by atoms with Crippen LogP contribution in [0.3, 0.4) is 0 Å². The number of nitrogens with zero attached hydrogens (tertiary/aromatic N) is 1. The molecule has 0 unspecified atom stereocenters. The van der Waals surface area contributed by atoms with Gasteiger partial charge in [0.15, 0.2) is 0 Å². The van der Waals surface area contributed by atoms with E-state index < -0.39 is 0 Å². The predicted octanol–water partition coefficient (Wildman–Crippen LogP) is 1.66. The fourth-order valence-corrected chi connectivity index (χ4v) is 1.24. The molecule has 0 saturated heterocycles. The van der Waals surface area contributed by atoms with Crippen molar-refractivity contribution in [1.29, 1.82) is 0 Å². The second-order valence-electron chi connectivity index (χ2n) is 2.53. The number of aromatic amines is 1. The first kappa shape index (κ1) is 7.32. The largest absolute Gasteiger partial charge is 0.250 e. The fraction of sp³-hybridized carbons (Fsp3) is 0.625. The first-order valence-corrected chi connectivity index (χ1v) is 3.92. The monoisotopic (exact) mass is 139 g/mol. The van der Waals surface area contributed by atoms with Crippen LogP contribution >= 0.6 is 0 Å². The Balaban J connectivity index is 2.64. The molecule has 0 amide bonds. The van der Waals surface area contributed by atoms with Crippen LogP contribution in [0.25, 0.3) is 0 Å². The summed E-state index contributed by atoms with van der Waals surface area (Å²) in [5.74, 6) is 0. The molecule has 2 nitrogen and oxygen atoms in total. The molecule has 0 radical (unpaired) electrons. The maximum Gasteiger partial charge on any atom is 0.241 e. The Morgan fingerprint density at radius 2 is 2.10 bits per heavy atom. The van der Waals surface area contributed by atoms with Gasteiger partial charge in [-0.25, -0.2) is 4.57 Å². The van der Waals surface area contributed by atoms with Crippen LogP contribution in [0.1, 0.15) is 32.7 Å². The number of H-pyrrole nitrogens is 1. The van der Waals surface area contributed by atoms with Gasteiger partial charge in [0.2, 0.25) is 6.33 Å². The van der Waals surface area contributed by atoms with Gasteiger partial charge < -0.3 is 0 Å². The van der Waals surface area contributed by atoms with Crippen molar-refractivity contribution in [3.63, 3.8) is 0 Å². The molecule has 0 atom stereocenters. The van der Waals surface area contributed by atoms with Gasteiger partial charge >= 0.3 is 0 Å². The summed E-state index contributed by atoms with van der Waals surface area (Å²) in [4.78, 5) is 3.04. The summed E-state index contributed by atoms with van der Waals surface area (Å²) in [6.45, 7) is 4.43. The smallest absolute Gasteiger partial charge is 0.241 e. The third-order valence-corrected chi connectivity index (χ3v) is 1.93. The molecule has 56 valence electrons. The van der Waals surface area contributed by atoms with Gasteiger partial charge in [-0.05, 0) is 12.8 Å². The molecule has 0 fully saturated rings. The molecule has 0 saturated carbocycles. The van der Waals surface area contributed by atoms with Crippen LogP contribution in [0, 0.1) is 0 Å². The zero-order valence-electron chi connectivity index (χ0n) is 6.67. The molecule has 0 aliphatic carbocycles. The van der Waals surface area contributed by atoms with Gasteiger partial charge in [0.25, 0.3) is 0 Å². The number of imidazole rings is 1. The molecule has 1 aromatic heterocycles. The van der Waals surface area contributed by atoms with E-state index in [1.807, 2.05) is 12.5 Å². The average Bonchev–Trinajstić information content (AvgIpc) is 2.43. The molecular formula is C8H15N2+. The normalized spacial score (nSPS) is 10.7. The number of hydrogen-bond acceptors (Lipinski definition) is 0. The Kier molecular flexibility index (Phi) is 2.49. The topological polar surface area (TPSA) is 19.7 Å². The van der Waals surface area contributed by atoms with Crippen molar-refractivity contribution < 1.29 is 4.57 Å². The number of nitrogens with one attached hydrogen (secondary N) is 1. The van der Waals surface area contributed by atoms with Crippen LogP contribution in [-0.2, 0) is 0 Å². The van der Waals surface area contributed by atoms with Crippen LogP contribution in [-0.4, -0.2) is 4.98 Å². The summed E-state index contributed by atoms with van der Waals surface area (Å²) in [7, 11) is 0. The fourth-order valence-electron chi connectivity index (χ4n) is 1.24. The number of aromatic nitrogens is 2. The second-order valence-corrected chi connectivity index (χ2v) is 2.53. The molecule has 1 rings (SSSR count). The van der Waals surface area contributed by atoms with Gasteiger partial charge in [-0.1, -0.05) is 13.8 Å². The highest BCUT2D eigenvalue weighted by Crippen LogP contribution is 2.04. The molecule has 1 N–H and O–H groups in total. The van der Waals surface area contributed by atoms with E-state index >= 15 is 0 Å². The SMILES string of the molecule is CCC(CC)[n+]1cc[nH]c1. The highest BCUT2D eigenvalue weighted by Gasteiger charge is 2.08. The van der Waals surface area contributed by atoms with E-state index in [1.165, 1.54) is 12.8 Å². The van der Waals surface area contributed by atoms with Crippen molar-refractivity contribution in [3.05, 3.63) is 18.7 Å². The summed E-state index contributed by atoms with van der Waals surface area (Å²) >= 11 is 0. The minimum absolute atomic E-state index is 0.672. The molecule has 0 aromatic carbocycles. The summed E-state index contributed by atoms with van der Waals surface area (Å²) in [6, 6.07) is 0.672. The van der Waals surface area contributed by atoms with E-state index in [0.717, 1.165) is 0 Å². The van der Waals surface area contributed by atoms with Crippen LogP contribution in [0.2, 0.25) is 0 Å². The molecule has 0 aliphatic heterocycles. The lowest BCUT2D eigenvalue weighted by molar-refractivity contribution is -0.722. The van der Waals surface area contributed by atoms with Gasteiger partial charge in [-0.2, -0.15) is 0 Å². The van der Waals surface area contributed by atoms with Gasteiger partial charge in [-0.3, -0.25) is 4.98 Å². The Morgan fingerprint density at radius 3 is 2.50 bits per heavy atom. The van der Waals surface area contributed by atoms with Crippen LogP contribution < -0.4 is 4.57 Å². The quantitative estimate of drug-likeness (QED) is 0.614. The molecule has 1 heterocycles. The summed E-state index contributed by atoms with van der Waals surface area (Å²) < 4.78 is 2.22. The van der Waals surface area contributed by atoms with Crippen molar-refractivity contribution in [1.82, 2.24) is 4.98 Å². The Hall–Kier alpha value is -0.790. The third-order valence-electron chi connectivity index (χ3n) is 1.93. The van der Waals surface area contributed by atoms with Crippen molar-refractivity contribution in [3.8, 4) is 0 Å². The van der Waals surface area contributed by atoms with Gasteiger partial charge in [0, 0.05) is 0 Å². The van der Waals surface area contributed by atoms with Crippen LogP contribution in [0.5, 0.6) is 0 Å². The van der Waals surface area contributed by atoms with Crippen molar-refractivity contribution >= 4 is 0 Å². The highest BCUT2D eigenvalue weighted by molar-refractivity contribution is 4.58. The Morgan fingerprint density at radius 1 is 1.40 bits per heavy atom. The van der Waals surface area contributed by atoms with E-state index in [1.54, 1.807) is 0 Å². The molecule has 0 bridgehead atoms. The number of rotatable bonds is 3. The predicted molar refractivity (Wildman–Crippen MR) is 40.6 cm³/mol. The standard InChI is InChI=1S/C8H14N2/c1-3-8(4-2)10-6-5-9-7-10/h5-8H,3-4H2,1-2H3/p+1. The molecule has 10 heavy (non-hydrogen) atoms. The summed E-state index contributed by atoms with van der Waals surface area (Å²) in [5, 5.41) is 0. The van der Waals surface area contributed by atoms with Gasteiger partial charge in [0.1, 0.15) is 12.4 Å². The zero-order valence-corrected chi connectivity index (χ0v) is 6.67. The van der Waals surface area contributed by atoms with Crippen LogP contribution in [0.4, 0.5) is 0 Å². The van der Waals surface area contributed by atoms with Crippen molar-refractivity contribution in [2.24, 2.45) is 0 Å². The highest BCUT2D eigenvalue weighted by atomic mass is 15.0. The van der Waals surface area contributed by atoms with Gasteiger partial charge in [-0.15, -0.1) is 0 Å². The molecule has 0 spiro atoms. The lowest BCUT2D eigenvalue weighted by atomic mass is 10.2. The molecular weight excluding hydrogens is 124 g/mol. The maximum atomic E-state index is 3.04. The van der Waals surface area contributed by atoms with E-state index in [9.17, 15) is 0 Å². The zero-order chi connectivity index (χ0) is 7.40. The summed E-state index contributed by atoms with van der Waals surface area (Å²) in [5.41, 5.74) is 0. The Bertz CT molecular complexity index is 163. The van der Waals surface area contributed by atoms with Gasteiger partial charge in [0.05, 0.1) is 6.04 Å². The molecule has 1 aromatic rings. The van der Waals surface area contributed by atoms with Crippen molar-refractivity contribution in [2.75, 3.05) is 0 Å². The second kappa shape index (κ2) is 3.40. The van der Waals surface area contributed by atoms with Crippen LogP contribution in [0.15, 0.2) is 18.7 Å². The average molecular weight is 139 g/mol. The van der Waals surface area contributed by atoms with Crippen molar-refractivity contribution in [2.45, 2.75) is 32.7 Å². The lowest BCUT2D eigenvalue weighted by Gasteiger charge is -2.06. The minimum atomic E-state index is 0.672. The Labute approximate surface area is 61.9 Å². The molecule has 0 aliphatic rings. The van der Waals surface area contributed by atoms with E-state index in [4.69, 9.17) is 0 Å². The van der Waals surface area contributed by atoms with E-state index in [-0.39, 0.29) is 0 Å². The third kappa shape index (κ3) is 1.38. The molecule has 2 heteroatoms. The summed E-state index contributed by atoms with van der Waals surface area (Å²) in [6.07, 6.45) is 8.46. The first-order valence-electron chi connectivity index (χ1n) is 3.92. The van der Waals surface area contributed by atoms with E-state index in [2.05, 4.69) is 29.6 Å². The minimum Gasteiger partial charge on any atom is -0.250 e. The lowest BCUT2D eigenvalue weighted by Crippen LogP contribution is -2.36. The maximum absolute atomic E-state index is 3.04. The number of hydrogen-bond donors (Lipinski definition) is 1.